The molecule has 45 heavy (non-hydrogen) atoms. The quantitative estimate of drug-likeness (QED) is 0.102. The summed E-state index contributed by atoms with van der Waals surface area (Å²) in [6.45, 7) is 2.72. The van der Waals surface area contributed by atoms with Gasteiger partial charge in [0, 0.05) is 5.56 Å². The normalized spacial score (nSPS) is 15.8. The summed E-state index contributed by atoms with van der Waals surface area (Å²) in [7, 11) is 3.06. The van der Waals surface area contributed by atoms with Crippen LogP contribution in [0.15, 0.2) is 96.6 Å². The Morgan fingerprint density at radius 2 is 1.62 bits per heavy atom. The van der Waals surface area contributed by atoms with Gasteiger partial charge in [-0.25, -0.2) is 4.98 Å². The van der Waals surface area contributed by atoms with E-state index in [0.29, 0.717) is 58.0 Å². The molecule has 1 aliphatic rings. The number of methoxy groups -OCH3 is 2. The first kappa shape index (κ1) is 29.7. The highest BCUT2D eigenvalue weighted by Gasteiger charge is 2.48. The number of hydrogen-bond acceptors (Lipinski definition) is 9. The maximum absolute atomic E-state index is 13.8. The van der Waals surface area contributed by atoms with E-state index in [-0.39, 0.29) is 11.3 Å². The Labute approximate surface area is 263 Å². The lowest BCUT2D eigenvalue weighted by molar-refractivity contribution is -0.132. The van der Waals surface area contributed by atoms with E-state index in [0.717, 1.165) is 10.3 Å². The molecule has 4 aromatic carbocycles. The summed E-state index contributed by atoms with van der Waals surface area (Å²) in [5.41, 5.74) is 2.46. The van der Waals surface area contributed by atoms with Crippen LogP contribution in [-0.2, 0) is 16.2 Å². The number of nitrogens with zero attached hydrogens (tertiary/aromatic N) is 2. The lowest BCUT2D eigenvalue weighted by atomic mass is 9.95. The summed E-state index contributed by atoms with van der Waals surface area (Å²) in [5.74, 6) is 0.208. The fourth-order valence-corrected chi connectivity index (χ4v) is 6.23. The molecule has 2 heterocycles. The molecule has 0 aliphatic carbocycles. The molecule has 1 atom stereocenters. The predicted octanol–water partition coefficient (Wildman–Crippen LogP) is 6.92. The average Bonchev–Trinajstić information content (AvgIpc) is 3.61. The zero-order valence-corrected chi connectivity index (χ0v) is 25.7. The second-order valence-corrected chi connectivity index (χ2v) is 11.2. The third kappa shape index (κ3) is 5.80. The Bertz CT molecular complexity index is 1900. The van der Waals surface area contributed by atoms with Crippen molar-refractivity contribution in [3.8, 4) is 23.0 Å². The maximum Gasteiger partial charge on any atom is 0.301 e. The van der Waals surface area contributed by atoms with Gasteiger partial charge in [0.2, 0.25) is 0 Å². The Hall–Kier alpha value is -5.35. The zero-order valence-electron chi connectivity index (χ0n) is 24.9. The second kappa shape index (κ2) is 12.7. The standard InChI is InChI=1S/C35H30N2O7S/c1-4-43-25-15-16-26-29(19-25)45-35(36-26)37-31(30(33(39)34(37)40)32(38)22-10-13-24(41-2)14-11-22)23-12-17-27(28(18-23)42-3)44-20-21-8-6-5-7-9-21/h5-19,31,38H,4,20H2,1-3H3/t31-/m0/s1. The summed E-state index contributed by atoms with van der Waals surface area (Å²) >= 11 is 1.26. The molecule has 1 N–H and O–H groups in total. The third-order valence-corrected chi connectivity index (χ3v) is 8.43. The molecule has 1 saturated heterocycles. The smallest absolute Gasteiger partial charge is 0.301 e. The number of thiazole rings is 1. The molecule has 6 rings (SSSR count). The molecule has 0 saturated carbocycles. The minimum Gasteiger partial charge on any atom is -0.507 e. The molecule has 0 unspecified atom stereocenters. The van der Waals surface area contributed by atoms with Crippen LogP contribution in [0.3, 0.4) is 0 Å². The summed E-state index contributed by atoms with van der Waals surface area (Å²) in [4.78, 5) is 33.5. The van der Waals surface area contributed by atoms with Crippen molar-refractivity contribution in [2.75, 3.05) is 25.7 Å². The SMILES string of the molecule is CCOc1ccc2nc(N3C(=O)C(=O)C(=C(O)c4ccc(OC)cc4)[C@@H]3c3ccc(OCc4ccccc4)c(OC)c3)sc2c1. The first-order valence-corrected chi connectivity index (χ1v) is 15.1. The van der Waals surface area contributed by atoms with Gasteiger partial charge >= 0.3 is 5.91 Å². The first-order chi connectivity index (χ1) is 21.9. The monoisotopic (exact) mass is 622 g/mol. The molecule has 0 bridgehead atoms. The number of carbonyl (C=O) groups is 2. The molecule has 228 valence electrons. The van der Waals surface area contributed by atoms with Gasteiger partial charge in [0.15, 0.2) is 16.6 Å². The number of amides is 1. The van der Waals surface area contributed by atoms with Crippen molar-refractivity contribution in [2.24, 2.45) is 0 Å². The number of ether oxygens (including phenoxy) is 4. The molecule has 1 fully saturated rings. The molecule has 10 heteroatoms. The highest BCUT2D eigenvalue weighted by molar-refractivity contribution is 7.22. The average molecular weight is 623 g/mol. The molecular weight excluding hydrogens is 592 g/mol. The molecular formula is C35H30N2O7S. The first-order valence-electron chi connectivity index (χ1n) is 14.2. The van der Waals surface area contributed by atoms with Gasteiger partial charge in [-0.15, -0.1) is 0 Å². The van der Waals surface area contributed by atoms with Crippen molar-refractivity contribution in [3.63, 3.8) is 0 Å². The lowest BCUT2D eigenvalue weighted by Crippen LogP contribution is -2.29. The number of aliphatic hydroxyl groups excluding tert-OH is 1. The Balaban J connectivity index is 1.46. The van der Waals surface area contributed by atoms with Crippen LogP contribution in [-0.4, -0.2) is 42.6 Å². The van der Waals surface area contributed by atoms with Gasteiger partial charge < -0.3 is 24.1 Å². The number of anilines is 1. The molecule has 1 amide bonds. The highest BCUT2D eigenvalue weighted by atomic mass is 32.1. The predicted molar refractivity (Wildman–Crippen MR) is 172 cm³/mol. The van der Waals surface area contributed by atoms with Crippen molar-refractivity contribution >= 4 is 44.1 Å². The number of hydrogen-bond donors (Lipinski definition) is 1. The van der Waals surface area contributed by atoms with E-state index >= 15 is 0 Å². The van der Waals surface area contributed by atoms with Crippen LogP contribution >= 0.6 is 11.3 Å². The Morgan fingerprint density at radius 1 is 0.867 bits per heavy atom. The van der Waals surface area contributed by atoms with Crippen LogP contribution in [0.1, 0.15) is 29.7 Å². The van der Waals surface area contributed by atoms with Crippen LogP contribution in [0, 0.1) is 0 Å². The van der Waals surface area contributed by atoms with E-state index in [2.05, 4.69) is 0 Å². The number of fused-ring (bicyclic) bond motifs is 1. The number of ketones is 1. The second-order valence-electron chi connectivity index (χ2n) is 10.1. The molecule has 0 spiro atoms. The largest absolute Gasteiger partial charge is 0.507 e. The van der Waals surface area contributed by atoms with Crippen LogP contribution in [0.5, 0.6) is 23.0 Å². The van der Waals surface area contributed by atoms with E-state index in [1.165, 1.54) is 30.5 Å². The van der Waals surface area contributed by atoms with Gasteiger partial charge in [-0.2, -0.15) is 0 Å². The van der Waals surface area contributed by atoms with Crippen LogP contribution in [0.2, 0.25) is 0 Å². The number of aliphatic hydroxyl groups is 1. The van der Waals surface area contributed by atoms with E-state index in [1.807, 2.05) is 55.5 Å². The number of aromatic nitrogens is 1. The Kier molecular flexibility index (Phi) is 8.39. The number of carbonyl (C=O) groups excluding carboxylic acids is 2. The Morgan fingerprint density at radius 3 is 2.33 bits per heavy atom. The molecule has 9 nitrogen and oxygen atoms in total. The van der Waals surface area contributed by atoms with Gasteiger partial charge in [0.05, 0.1) is 42.7 Å². The number of benzene rings is 4. The van der Waals surface area contributed by atoms with Crippen LogP contribution < -0.4 is 23.8 Å². The van der Waals surface area contributed by atoms with Gasteiger partial charge in [-0.05, 0) is 72.6 Å². The van der Waals surface area contributed by atoms with Gasteiger partial charge in [-0.3, -0.25) is 14.5 Å². The minimum absolute atomic E-state index is 0.0700. The zero-order chi connectivity index (χ0) is 31.5. The van der Waals surface area contributed by atoms with Crippen molar-refractivity contribution < 1.29 is 33.6 Å². The third-order valence-electron chi connectivity index (χ3n) is 7.41. The van der Waals surface area contributed by atoms with Crippen LogP contribution in [0.25, 0.3) is 16.0 Å². The summed E-state index contributed by atoms with van der Waals surface area (Å²) in [6, 6.07) is 26.0. The van der Waals surface area contributed by atoms with Crippen LogP contribution in [0.4, 0.5) is 5.13 Å². The highest BCUT2D eigenvalue weighted by Crippen LogP contribution is 2.46. The summed E-state index contributed by atoms with van der Waals surface area (Å²) < 4.78 is 23.4. The van der Waals surface area contributed by atoms with Crippen molar-refractivity contribution in [3.05, 3.63) is 113 Å². The lowest BCUT2D eigenvalue weighted by Gasteiger charge is -2.24. The van der Waals surface area contributed by atoms with Gasteiger partial charge in [-0.1, -0.05) is 47.7 Å². The topological polar surface area (TPSA) is 107 Å². The number of rotatable bonds is 10. The fraction of sp³-hybridized carbons (Fsp3) is 0.171. The van der Waals surface area contributed by atoms with E-state index in [1.54, 1.807) is 42.5 Å². The van der Waals surface area contributed by atoms with Crippen molar-refractivity contribution in [2.45, 2.75) is 19.6 Å². The molecule has 0 radical (unpaired) electrons. The van der Waals surface area contributed by atoms with Gasteiger partial charge in [0.1, 0.15) is 23.9 Å². The minimum atomic E-state index is -1.00. The van der Waals surface area contributed by atoms with E-state index in [4.69, 9.17) is 23.9 Å². The van der Waals surface area contributed by atoms with Gasteiger partial charge in [0.25, 0.3) is 5.78 Å². The molecule has 1 aliphatic heterocycles. The van der Waals surface area contributed by atoms with Crippen molar-refractivity contribution in [1.29, 1.82) is 0 Å². The van der Waals surface area contributed by atoms with Crippen molar-refractivity contribution in [1.82, 2.24) is 4.98 Å². The maximum atomic E-state index is 13.8. The fourth-order valence-electron chi connectivity index (χ4n) is 5.21. The number of Topliss-reactive ketones (excluding diaryl/α,β-unsaturated/α-hetero) is 1. The molecule has 5 aromatic rings. The van der Waals surface area contributed by atoms with E-state index < -0.39 is 17.7 Å². The summed E-state index contributed by atoms with van der Waals surface area (Å²) in [5, 5.41) is 11.9. The summed E-state index contributed by atoms with van der Waals surface area (Å²) in [6.07, 6.45) is 0. The van der Waals surface area contributed by atoms with E-state index in [9.17, 15) is 14.7 Å². The molecule has 1 aromatic heterocycles.